The van der Waals surface area contributed by atoms with Crippen LogP contribution in [-0.4, -0.2) is 34.1 Å². The summed E-state index contributed by atoms with van der Waals surface area (Å²) in [5, 5.41) is 2.84. The Bertz CT molecular complexity index is 550. The lowest BCUT2D eigenvalue weighted by Gasteiger charge is -2.08. The molecule has 1 aliphatic carbocycles. The summed E-state index contributed by atoms with van der Waals surface area (Å²) in [5.41, 5.74) is 0.663. The first kappa shape index (κ1) is 13.8. The number of benzene rings is 1. The highest BCUT2D eigenvalue weighted by molar-refractivity contribution is 7.89. The van der Waals surface area contributed by atoms with E-state index in [-0.39, 0.29) is 23.5 Å². The van der Waals surface area contributed by atoms with Crippen molar-refractivity contribution < 1.29 is 17.9 Å². The Hall–Kier alpha value is -1.60. The van der Waals surface area contributed by atoms with Gasteiger partial charge in [-0.25, -0.2) is 13.1 Å². The molecule has 0 spiro atoms. The third kappa shape index (κ3) is 3.93. The van der Waals surface area contributed by atoms with Gasteiger partial charge in [-0.3, -0.25) is 4.79 Å². The van der Waals surface area contributed by atoms with E-state index in [1.807, 2.05) is 0 Å². The van der Waals surface area contributed by atoms with E-state index in [2.05, 4.69) is 14.8 Å². The molecule has 7 heteroatoms. The van der Waals surface area contributed by atoms with E-state index in [9.17, 15) is 13.2 Å². The number of hydrogen-bond donors (Lipinski definition) is 2. The molecular weight excluding hydrogens is 268 g/mol. The van der Waals surface area contributed by atoms with Gasteiger partial charge in [0.2, 0.25) is 10.0 Å². The van der Waals surface area contributed by atoms with Gasteiger partial charge in [-0.15, -0.1) is 0 Å². The standard InChI is InChI=1S/C12H16N2O4S/c1-18-12(15)8-13-9-4-6-11(7-5-9)19(16,17)14-10-2-3-10/h4-7,10,13-14H,2-3,8H2,1H3. The van der Waals surface area contributed by atoms with Crippen molar-refractivity contribution in [3.8, 4) is 0 Å². The number of carbonyl (C=O) groups is 1. The van der Waals surface area contributed by atoms with E-state index in [1.54, 1.807) is 12.1 Å². The molecule has 1 aromatic rings. The summed E-state index contributed by atoms with van der Waals surface area (Å²) in [5.74, 6) is -0.382. The minimum Gasteiger partial charge on any atom is -0.468 e. The third-order valence-electron chi connectivity index (χ3n) is 2.73. The van der Waals surface area contributed by atoms with Gasteiger partial charge in [0, 0.05) is 11.7 Å². The fraction of sp³-hybridized carbons (Fsp3) is 0.417. The molecule has 6 nitrogen and oxygen atoms in total. The molecule has 0 heterocycles. The second-order valence-electron chi connectivity index (χ2n) is 4.35. The van der Waals surface area contributed by atoms with Gasteiger partial charge in [0.1, 0.15) is 6.54 Å². The fourth-order valence-corrected chi connectivity index (χ4v) is 2.79. The molecule has 19 heavy (non-hydrogen) atoms. The Labute approximate surface area is 112 Å². The van der Waals surface area contributed by atoms with Gasteiger partial charge in [0.15, 0.2) is 0 Å². The second-order valence-corrected chi connectivity index (χ2v) is 6.06. The summed E-state index contributed by atoms with van der Waals surface area (Å²) in [6.07, 6.45) is 1.80. The van der Waals surface area contributed by atoms with Crippen molar-refractivity contribution in [2.24, 2.45) is 0 Å². The first-order chi connectivity index (χ1) is 9.01. The summed E-state index contributed by atoms with van der Waals surface area (Å²) in [4.78, 5) is 11.2. The highest BCUT2D eigenvalue weighted by Gasteiger charge is 2.27. The van der Waals surface area contributed by atoms with Crippen LogP contribution < -0.4 is 10.0 Å². The minimum absolute atomic E-state index is 0.0446. The topological polar surface area (TPSA) is 84.5 Å². The van der Waals surface area contributed by atoms with Crippen molar-refractivity contribution in [1.82, 2.24) is 4.72 Å². The summed E-state index contributed by atoms with van der Waals surface area (Å²) >= 11 is 0. The quantitative estimate of drug-likeness (QED) is 0.752. The van der Waals surface area contributed by atoms with E-state index < -0.39 is 10.0 Å². The molecule has 1 aromatic carbocycles. The zero-order valence-corrected chi connectivity index (χ0v) is 11.4. The molecule has 0 atom stereocenters. The Kier molecular flexibility index (Phi) is 4.06. The van der Waals surface area contributed by atoms with Gasteiger partial charge in [0.25, 0.3) is 0 Å². The van der Waals surface area contributed by atoms with Crippen LogP contribution in [0, 0.1) is 0 Å². The zero-order chi connectivity index (χ0) is 13.9. The van der Waals surface area contributed by atoms with Crippen molar-refractivity contribution >= 4 is 21.7 Å². The normalized spacial score (nSPS) is 15.0. The molecule has 0 radical (unpaired) electrons. The smallest absolute Gasteiger partial charge is 0.325 e. The predicted octanol–water partition coefficient (Wildman–Crippen LogP) is 0.712. The molecule has 0 aromatic heterocycles. The van der Waals surface area contributed by atoms with Crippen molar-refractivity contribution in [3.05, 3.63) is 24.3 Å². The molecule has 1 fully saturated rings. The molecule has 2 rings (SSSR count). The Morgan fingerprint density at radius 3 is 2.47 bits per heavy atom. The molecule has 2 N–H and O–H groups in total. The van der Waals surface area contributed by atoms with Crippen LogP contribution in [0.4, 0.5) is 5.69 Å². The van der Waals surface area contributed by atoms with E-state index in [0.717, 1.165) is 12.8 Å². The van der Waals surface area contributed by atoms with Crippen LogP contribution in [0.2, 0.25) is 0 Å². The maximum Gasteiger partial charge on any atom is 0.325 e. The van der Waals surface area contributed by atoms with Crippen molar-refractivity contribution in [3.63, 3.8) is 0 Å². The third-order valence-corrected chi connectivity index (χ3v) is 4.26. The first-order valence-electron chi connectivity index (χ1n) is 5.94. The van der Waals surface area contributed by atoms with Crippen LogP contribution in [-0.2, 0) is 19.6 Å². The minimum atomic E-state index is -3.42. The van der Waals surface area contributed by atoms with Gasteiger partial charge >= 0.3 is 5.97 Å². The number of sulfonamides is 1. The highest BCUT2D eigenvalue weighted by Crippen LogP contribution is 2.22. The van der Waals surface area contributed by atoms with Crippen molar-refractivity contribution in [1.29, 1.82) is 0 Å². The molecule has 1 aliphatic rings. The van der Waals surface area contributed by atoms with Crippen molar-refractivity contribution in [2.45, 2.75) is 23.8 Å². The SMILES string of the molecule is COC(=O)CNc1ccc(S(=O)(=O)NC2CC2)cc1. The summed E-state index contributed by atoms with van der Waals surface area (Å²) in [6.45, 7) is 0.0446. The Morgan fingerprint density at radius 1 is 1.32 bits per heavy atom. The number of carbonyl (C=O) groups excluding carboxylic acids is 1. The molecule has 104 valence electrons. The van der Waals surface area contributed by atoms with Crippen LogP contribution in [0.5, 0.6) is 0 Å². The van der Waals surface area contributed by atoms with Crippen LogP contribution in [0.15, 0.2) is 29.2 Å². The van der Waals surface area contributed by atoms with Crippen LogP contribution in [0.25, 0.3) is 0 Å². The summed E-state index contributed by atoms with van der Waals surface area (Å²) in [7, 11) is -2.11. The molecule has 0 bridgehead atoms. The van der Waals surface area contributed by atoms with E-state index in [0.29, 0.717) is 5.69 Å². The lowest BCUT2D eigenvalue weighted by molar-refractivity contribution is -0.138. The number of hydrogen-bond acceptors (Lipinski definition) is 5. The Balaban J connectivity index is 1.99. The maximum absolute atomic E-state index is 11.9. The van der Waals surface area contributed by atoms with Crippen LogP contribution in [0.1, 0.15) is 12.8 Å². The molecule has 0 unspecified atom stereocenters. The second kappa shape index (κ2) is 5.58. The maximum atomic E-state index is 11.9. The fourth-order valence-electron chi connectivity index (χ4n) is 1.49. The summed E-state index contributed by atoms with van der Waals surface area (Å²) in [6, 6.07) is 6.32. The molecule has 0 saturated heterocycles. The average Bonchev–Trinajstić information content (AvgIpc) is 3.19. The largest absolute Gasteiger partial charge is 0.468 e. The van der Waals surface area contributed by atoms with Gasteiger partial charge in [-0.05, 0) is 37.1 Å². The first-order valence-corrected chi connectivity index (χ1v) is 7.42. The lowest BCUT2D eigenvalue weighted by Crippen LogP contribution is -2.25. The number of rotatable bonds is 6. The number of anilines is 1. The molecule has 0 aliphatic heterocycles. The van der Waals surface area contributed by atoms with Gasteiger partial charge in [0.05, 0.1) is 12.0 Å². The van der Waals surface area contributed by atoms with Gasteiger partial charge in [-0.2, -0.15) is 0 Å². The van der Waals surface area contributed by atoms with E-state index in [4.69, 9.17) is 0 Å². The molecular formula is C12H16N2O4S. The highest BCUT2D eigenvalue weighted by atomic mass is 32.2. The predicted molar refractivity (Wildman–Crippen MR) is 70.3 cm³/mol. The Morgan fingerprint density at radius 2 is 1.95 bits per heavy atom. The van der Waals surface area contributed by atoms with Crippen LogP contribution in [0.3, 0.4) is 0 Å². The molecule has 0 amide bonds. The number of ether oxygens (including phenoxy) is 1. The summed E-state index contributed by atoms with van der Waals surface area (Å²) < 4.78 is 30.9. The number of nitrogens with one attached hydrogen (secondary N) is 2. The van der Waals surface area contributed by atoms with E-state index >= 15 is 0 Å². The molecule has 1 saturated carbocycles. The van der Waals surface area contributed by atoms with E-state index in [1.165, 1.54) is 19.2 Å². The van der Waals surface area contributed by atoms with Gasteiger partial charge < -0.3 is 10.1 Å². The lowest BCUT2D eigenvalue weighted by atomic mass is 10.3. The van der Waals surface area contributed by atoms with Crippen LogP contribution >= 0.6 is 0 Å². The monoisotopic (exact) mass is 284 g/mol. The number of esters is 1. The average molecular weight is 284 g/mol. The zero-order valence-electron chi connectivity index (χ0n) is 10.5. The van der Waals surface area contributed by atoms with Crippen molar-refractivity contribution in [2.75, 3.05) is 19.0 Å². The number of methoxy groups -OCH3 is 1. The van der Waals surface area contributed by atoms with Gasteiger partial charge in [-0.1, -0.05) is 0 Å².